The van der Waals surface area contributed by atoms with Gasteiger partial charge in [0.2, 0.25) is 0 Å². The van der Waals surface area contributed by atoms with Crippen LogP contribution in [0.4, 0.5) is 0 Å². The van der Waals surface area contributed by atoms with E-state index in [0.717, 1.165) is 11.1 Å². The van der Waals surface area contributed by atoms with Crippen molar-refractivity contribution in [2.24, 2.45) is 0 Å². The van der Waals surface area contributed by atoms with Crippen LogP contribution in [0.3, 0.4) is 0 Å². The van der Waals surface area contributed by atoms with Gasteiger partial charge in [0.15, 0.2) is 6.29 Å². The molecule has 1 aliphatic rings. The molecule has 104 valence electrons. The Morgan fingerprint density at radius 1 is 0.950 bits per heavy atom. The van der Waals surface area contributed by atoms with Gasteiger partial charge in [-0.3, -0.25) is 0 Å². The average molecular weight is 291 g/mol. The van der Waals surface area contributed by atoms with Crippen molar-refractivity contribution < 1.29 is 14.6 Å². The Morgan fingerprint density at radius 2 is 1.65 bits per heavy atom. The van der Waals surface area contributed by atoms with Gasteiger partial charge in [-0.15, -0.1) is 0 Å². The summed E-state index contributed by atoms with van der Waals surface area (Å²) in [4.78, 5) is 0. The first kappa shape index (κ1) is 13.6. The molecule has 0 amide bonds. The summed E-state index contributed by atoms with van der Waals surface area (Å²) in [6.45, 7) is -0.112. The van der Waals surface area contributed by atoms with Gasteiger partial charge in [-0.1, -0.05) is 60.1 Å². The number of hydrogen-bond acceptors (Lipinski definition) is 3. The van der Waals surface area contributed by atoms with Crippen molar-refractivity contribution in [3.63, 3.8) is 0 Å². The first-order valence-electron chi connectivity index (χ1n) is 6.50. The molecule has 0 aliphatic carbocycles. The molecule has 0 bridgehead atoms. The maximum absolute atomic E-state index is 9.51. The third-order valence-corrected chi connectivity index (χ3v) is 3.71. The minimum atomic E-state index is -0.477. The van der Waals surface area contributed by atoms with E-state index in [4.69, 9.17) is 21.1 Å². The molecular formula is C16H15ClO3. The lowest BCUT2D eigenvalue weighted by Crippen LogP contribution is -2.19. The van der Waals surface area contributed by atoms with Crippen LogP contribution < -0.4 is 0 Å². The number of hydrogen-bond donors (Lipinski definition) is 1. The van der Waals surface area contributed by atoms with Gasteiger partial charge in [-0.2, -0.15) is 0 Å². The SMILES string of the molecule is OC[C@@H]1O[C@@H](c2ccccc2)O[C@H]1c1ccccc1Cl. The topological polar surface area (TPSA) is 38.7 Å². The highest BCUT2D eigenvalue weighted by atomic mass is 35.5. The number of ether oxygens (including phenoxy) is 2. The van der Waals surface area contributed by atoms with Crippen LogP contribution in [0.25, 0.3) is 0 Å². The molecule has 1 saturated heterocycles. The highest BCUT2D eigenvalue weighted by Crippen LogP contribution is 2.41. The van der Waals surface area contributed by atoms with Gasteiger partial charge >= 0.3 is 0 Å². The monoisotopic (exact) mass is 290 g/mol. The van der Waals surface area contributed by atoms with E-state index in [0.29, 0.717) is 5.02 Å². The molecule has 1 heterocycles. The average Bonchev–Trinajstić information content (AvgIpc) is 2.93. The van der Waals surface area contributed by atoms with Crippen LogP contribution in [0.1, 0.15) is 23.5 Å². The maximum Gasteiger partial charge on any atom is 0.185 e. The lowest BCUT2D eigenvalue weighted by molar-refractivity contribution is -0.0739. The Balaban J connectivity index is 1.87. The van der Waals surface area contributed by atoms with Crippen LogP contribution in [-0.2, 0) is 9.47 Å². The zero-order chi connectivity index (χ0) is 13.9. The van der Waals surface area contributed by atoms with Crippen LogP contribution in [0.5, 0.6) is 0 Å². The number of aliphatic hydroxyl groups excluding tert-OH is 1. The van der Waals surface area contributed by atoms with Gasteiger partial charge < -0.3 is 14.6 Å². The van der Waals surface area contributed by atoms with E-state index in [1.807, 2.05) is 54.6 Å². The van der Waals surface area contributed by atoms with Crippen LogP contribution >= 0.6 is 11.6 Å². The van der Waals surface area contributed by atoms with Crippen molar-refractivity contribution in [3.8, 4) is 0 Å². The van der Waals surface area contributed by atoms with Gasteiger partial charge in [0.25, 0.3) is 0 Å². The van der Waals surface area contributed by atoms with Crippen molar-refractivity contribution in [2.75, 3.05) is 6.61 Å². The van der Waals surface area contributed by atoms with Gasteiger partial charge in [0.05, 0.1) is 6.61 Å². The van der Waals surface area contributed by atoms with E-state index in [1.54, 1.807) is 0 Å². The molecule has 3 atom stereocenters. The summed E-state index contributed by atoms with van der Waals surface area (Å²) in [5.74, 6) is 0. The Hall–Kier alpha value is -1.39. The fourth-order valence-electron chi connectivity index (χ4n) is 2.37. The summed E-state index contributed by atoms with van der Waals surface area (Å²) in [7, 11) is 0. The predicted molar refractivity (Wildman–Crippen MR) is 76.4 cm³/mol. The molecule has 3 nitrogen and oxygen atoms in total. The summed E-state index contributed by atoms with van der Waals surface area (Å²) in [5.41, 5.74) is 1.77. The van der Waals surface area contributed by atoms with E-state index in [-0.39, 0.29) is 12.7 Å². The van der Waals surface area contributed by atoms with E-state index in [2.05, 4.69) is 0 Å². The Bertz CT molecular complexity index is 573. The highest BCUT2D eigenvalue weighted by Gasteiger charge is 2.38. The number of benzene rings is 2. The Morgan fingerprint density at radius 3 is 2.35 bits per heavy atom. The molecule has 3 rings (SSSR count). The van der Waals surface area contributed by atoms with Crippen LogP contribution in [0, 0.1) is 0 Å². The molecule has 2 aromatic carbocycles. The first-order chi connectivity index (χ1) is 9.79. The molecule has 0 spiro atoms. The largest absolute Gasteiger partial charge is 0.394 e. The van der Waals surface area contributed by atoms with E-state index >= 15 is 0 Å². The van der Waals surface area contributed by atoms with Crippen molar-refractivity contribution in [3.05, 3.63) is 70.7 Å². The molecule has 1 fully saturated rings. The molecule has 0 unspecified atom stereocenters. The van der Waals surface area contributed by atoms with Crippen LogP contribution in [-0.4, -0.2) is 17.8 Å². The van der Waals surface area contributed by atoms with Crippen molar-refractivity contribution in [2.45, 2.75) is 18.5 Å². The Labute approximate surface area is 122 Å². The van der Waals surface area contributed by atoms with E-state index in [1.165, 1.54) is 0 Å². The minimum Gasteiger partial charge on any atom is -0.394 e. The third-order valence-electron chi connectivity index (χ3n) is 3.37. The first-order valence-corrected chi connectivity index (χ1v) is 6.88. The van der Waals surface area contributed by atoms with Gasteiger partial charge in [-0.05, 0) is 6.07 Å². The molecule has 1 aliphatic heterocycles. The second-order valence-corrected chi connectivity index (χ2v) is 5.09. The molecule has 0 aromatic heterocycles. The number of aliphatic hydroxyl groups is 1. The zero-order valence-electron chi connectivity index (χ0n) is 10.8. The van der Waals surface area contributed by atoms with Gasteiger partial charge in [0.1, 0.15) is 12.2 Å². The fourth-order valence-corrected chi connectivity index (χ4v) is 2.61. The lowest BCUT2D eigenvalue weighted by Gasteiger charge is -2.15. The Kier molecular flexibility index (Phi) is 4.03. The summed E-state index contributed by atoms with van der Waals surface area (Å²) in [6.07, 6.45) is -1.26. The van der Waals surface area contributed by atoms with Crippen LogP contribution in [0.15, 0.2) is 54.6 Å². The molecule has 2 aromatic rings. The minimum absolute atomic E-state index is 0.112. The summed E-state index contributed by atoms with van der Waals surface area (Å²) < 4.78 is 11.7. The smallest absolute Gasteiger partial charge is 0.185 e. The summed E-state index contributed by atoms with van der Waals surface area (Å²) in [5, 5.41) is 10.1. The van der Waals surface area contributed by atoms with E-state index in [9.17, 15) is 5.11 Å². The van der Waals surface area contributed by atoms with Gasteiger partial charge in [0, 0.05) is 16.1 Å². The molecule has 20 heavy (non-hydrogen) atoms. The highest BCUT2D eigenvalue weighted by molar-refractivity contribution is 6.31. The molecule has 1 N–H and O–H groups in total. The molecule has 0 saturated carbocycles. The quantitative estimate of drug-likeness (QED) is 0.940. The summed E-state index contributed by atoms with van der Waals surface area (Å²) >= 11 is 6.20. The second kappa shape index (κ2) is 5.94. The second-order valence-electron chi connectivity index (χ2n) is 4.68. The third kappa shape index (κ3) is 2.58. The summed E-state index contributed by atoms with van der Waals surface area (Å²) in [6, 6.07) is 17.1. The normalized spacial score (nSPS) is 25.8. The standard InChI is InChI=1S/C16H15ClO3/c17-13-9-5-4-8-12(13)15-14(10-18)19-16(20-15)11-6-2-1-3-7-11/h1-9,14-16,18H,10H2/t14-,15-,16+/m0/s1. The van der Waals surface area contributed by atoms with Crippen molar-refractivity contribution in [1.29, 1.82) is 0 Å². The molecular weight excluding hydrogens is 276 g/mol. The zero-order valence-corrected chi connectivity index (χ0v) is 11.5. The van der Waals surface area contributed by atoms with E-state index < -0.39 is 12.4 Å². The lowest BCUT2D eigenvalue weighted by atomic mass is 10.1. The van der Waals surface area contributed by atoms with Crippen molar-refractivity contribution in [1.82, 2.24) is 0 Å². The molecule has 4 heteroatoms. The van der Waals surface area contributed by atoms with Crippen LogP contribution in [0.2, 0.25) is 5.02 Å². The predicted octanol–water partition coefficient (Wildman–Crippen LogP) is 3.49. The number of halogens is 1. The fraction of sp³-hybridized carbons (Fsp3) is 0.250. The van der Waals surface area contributed by atoms with Crippen molar-refractivity contribution >= 4 is 11.6 Å². The molecule has 0 radical (unpaired) electrons. The number of rotatable bonds is 3. The van der Waals surface area contributed by atoms with Gasteiger partial charge in [-0.25, -0.2) is 0 Å². The maximum atomic E-state index is 9.51.